The molecule has 4 nitrogen and oxygen atoms in total. The van der Waals surface area contributed by atoms with Gasteiger partial charge < -0.3 is 9.47 Å². The summed E-state index contributed by atoms with van der Waals surface area (Å²) in [6.07, 6.45) is 2.30. The SMILES string of the molecule is COc1cccc(OC)c1C(=O)/C=C/C#N. The van der Waals surface area contributed by atoms with Crippen molar-refractivity contribution in [3.8, 4) is 17.6 Å². The minimum atomic E-state index is -0.323. The van der Waals surface area contributed by atoms with Crippen LogP contribution in [0.15, 0.2) is 30.4 Å². The van der Waals surface area contributed by atoms with Crippen molar-refractivity contribution < 1.29 is 14.3 Å². The molecular weight excluding hydrogens is 206 g/mol. The molecule has 0 aliphatic carbocycles. The molecule has 0 fully saturated rings. The Morgan fingerprint density at radius 1 is 1.31 bits per heavy atom. The van der Waals surface area contributed by atoms with E-state index in [1.54, 1.807) is 24.3 Å². The van der Waals surface area contributed by atoms with Gasteiger partial charge in [0.1, 0.15) is 17.1 Å². The molecule has 1 rings (SSSR count). The third-order valence-corrected chi connectivity index (χ3v) is 1.98. The maximum atomic E-state index is 11.8. The first-order valence-corrected chi connectivity index (χ1v) is 4.56. The van der Waals surface area contributed by atoms with E-state index < -0.39 is 0 Å². The van der Waals surface area contributed by atoms with Crippen molar-refractivity contribution in [2.75, 3.05) is 14.2 Å². The molecule has 0 saturated heterocycles. The lowest BCUT2D eigenvalue weighted by molar-refractivity contribution is 0.104. The predicted molar refractivity (Wildman–Crippen MR) is 58.6 cm³/mol. The van der Waals surface area contributed by atoms with E-state index in [1.807, 2.05) is 0 Å². The molecule has 16 heavy (non-hydrogen) atoms. The van der Waals surface area contributed by atoms with Crippen LogP contribution in [0, 0.1) is 11.3 Å². The van der Waals surface area contributed by atoms with Gasteiger partial charge in [-0.15, -0.1) is 0 Å². The molecule has 0 bridgehead atoms. The largest absolute Gasteiger partial charge is 0.496 e. The van der Waals surface area contributed by atoms with Crippen LogP contribution in [-0.4, -0.2) is 20.0 Å². The highest BCUT2D eigenvalue weighted by atomic mass is 16.5. The zero-order chi connectivity index (χ0) is 12.0. The number of carbonyl (C=O) groups excluding carboxylic acids is 1. The average Bonchev–Trinajstić information content (AvgIpc) is 2.34. The lowest BCUT2D eigenvalue weighted by atomic mass is 10.1. The number of hydrogen-bond acceptors (Lipinski definition) is 4. The van der Waals surface area contributed by atoms with Gasteiger partial charge in [0.15, 0.2) is 5.78 Å². The summed E-state index contributed by atoms with van der Waals surface area (Å²) in [5.74, 6) is 0.523. The summed E-state index contributed by atoms with van der Waals surface area (Å²) in [5.41, 5.74) is 0.319. The number of nitrogens with zero attached hydrogens (tertiary/aromatic N) is 1. The van der Waals surface area contributed by atoms with Crippen LogP contribution in [0.1, 0.15) is 10.4 Å². The molecule has 0 heterocycles. The topological polar surface area (TPSA) is 59.3 Å². The fourth-order valence-corrected chi connectivity index (χ4v) is 1.29. The number of hydrogen-bond donors (Lipinski definition) is 0. The number of ketones is 1. The molecule has 0 spiro atoms. The third kappa shape index (κ3) is 2.39. The lowest BCUT2D eigenvalue weighted by Gasteiger charge is -2.09. The maximum absolute atomic E-state index is 11.8. The van der Waals surface area contributed by atoms with E-state index >= 15 is 0 Å². The van der Waals surface area contributed by atoms with E-state index in [9.17, 15) is 4.79 Å². The van der Waals surface area contributed by atoms with Crippen LogP contribution in [0.25, 0.3) is 0 Å². The van der Waals surface area contributed by atoms with Gasteiger partial charge in [0.25, 0.3) is 0 Å². The molecule has 0 unspecified atom stereocenters. The first kappa shape index (κ1) is 11.8. The van der Waals surface area contributed by atoms with Crippen LogP contribution in [0.2, 0.25) is 0 Å². The summed E-state index contributed by atoms with van der Waals surface area (Å²) < 4.78 is 10.1. The van der Waals surface area contributed by atoms with Gasteiger partial charge in [0.05, 0.1) is 20.3 Å². The van der Waals surface area contributed by atoms with Crippen LogP contribution >= 0.6 is 0 Å². The summed E-state index contributed by atoms with van der Waals surface area (Å²) in [4.78, 5) is 11.8. The van der Waals surface area contributed by atoms with Crippen LogP contribution in [0.3, 0.4) is 0 Å². The quantitative estimate of drug-likeness (QED) is 0.439. The summed E-state index contributed by atoms with van der Waals surface area (Å²) in [6, 6.07) is 6.81. The molecule has 0 amide bonds. The highest BCUT2D eigenvalue weighted by molar-refractivity contribution is 6.08. The molecule has 0 radical (unpaired) electrons. The second kappa shape index (κ2) is 5.56. The number of nitriles is 1. The molecule has 4 heteroatoms. The Labute approximate surface area is 93.7 Å². The van der Waals surface area contributed by atoms with Crippen molar-refractivity contribution in [3.63, 3.8) is 0 Å². The van der Waals surface area contributed by atoms with E-state index in [2.05, 4.69) is 0 Å². The van der Waals surface area contributed by atoms with Crippen molar-refractivity contribution in [1.29, 1.82) is 5.26 Å². The zero-order valence-electron chi connectivity index (χ0n) is 9.06. The highest BCUT2D eigenvalue weighted by Crippen LogP contribution is 2.28. The van der Waals surface area contributed by atoms with Crippen LogP contribution in [0.5, 0.6) is 11.5 Å². The molecule has 0 aromatic heterocycles. The van der Waals surface area contributed by atoms with Gasteiger partial charge in [-0.25, -0.2) is 0 Å². The second-order valence-corrected chi connectivity index (χ2v) is 2.86. The number of carbonyl (C=O) groups is 1. The van der Waals surface area contributed by atoms with E-state index in [1.165, 1.54) is 20.3 Å². The monoisotopic (exact) mass is 217 g/mol. The third-order valence-electron chi connectivity index (χ3n) is 1.98. The Kier molecular flexibility index (Phi) is 4.10. The van der Waals surface area contributed by atoms with Gasteiger partial charge in [-0.2, -0.15) is 5.26 Å². The van der Waals surface area contributed by atoms with Crippen LogP contribution in [-0.2, 0) is 0 Å². The average molecular weight is 217 g/mol. The standard InChI is InChI=1S/C12H11NO3/c1-15-10-6-3-7-11(16-2)12(10)9(14)5-4-8-13/h3-7H,1-2H3/b5-4+. The molecule has 1 aromatic rings. The molecule has 0 saturated carbocycles. The van der Waals surface area contributed by atoms with Crippen molar-refractivity contribution in [3.05, 3.63) is 35.9 Å². The number of allylic oxidation sites excluding steroid dienone is 2. The molecular formula is C12H11NO3. The zero-order valence-corrected chi connectivity index (χ0v) is 9.06. The number of benzene rings is 1. The fourth-order valence-electron chi connectivity index (χ4n) is 1.29. The Morgan fingerprint density at radius 2 is 1.88 bits per heavy atom. The van der Waals surface area contributed by atoms with E-state index in [-0.39, 0.29) is 5.78 Å². The molecule has 0 N–H and O–H groups in total. The van der Waals surface area contributed by atoms with Crippen molar-refractivity contribution in [2.24, 2.45) is 0 Å². The van der Waals surface area contributed by atoms with Crippen molar-refractivity contribution >= 4 is 5.78 Å². The molecule has 0 aliphatic heterocycles. The van der Waals surface area contributed by atoms with Gasteiger partial charge >= 0.3 is 0 Å². The van der Waals surface area contributed by atoms with Crippen molar-refractivity contribution in [1.82, 2.24) is 0 Å². The molecule has 0 atom stereocenters. The Morgan fingerprint density at radius 3 is 2.31 bits per heavy atom. The minimum Gasteiger partial charge on any atom is -0.496 e. The molecule has 1 aromatic carbocycles. The van der Waals surface area contributed by atoms with E-state index in [4.69, 9.17) is 14.7 Å². The molecule has 0 aliphatic rings. The Bertz CT molecular complexity index is 436. The first-order valence-electron chi connectivity index (χ1n) is 4.56. The van der Waals surface area contributed by atoms with Gasteiger partial charge in [-0.3, -0.25) is 4.79 Å². The maximum Gasteiger partial charge on any atom is 0.194 e. The lowest BCUT2D eigenvalue weighted by Crippen LogP contribution is -2.02. The van der Waals surface area contributed by atoms with E-state index in [0.29, 0.717) is 17.1 Å². The Hall–Kier alpha value is -2.28. The van der Waals surface area contributed by atoms with Crippen LogP contribution in [0.4, 0.5) is 0 Å². The highest BCUT2D eigenvalue weighted by Gasteiger charge is 2.15. The van der Waals surface area contributed by atoms with Gasteiger partial charge in [-0.1, -0.05) is 6.07 Å². The van der Waals surface area contributed by atoms with E-state index in [0.717, 1.165) is 6.08 Å². The predicted octanol–water partition coefficient (Wildman–Crippen LogP) is 1.97. The summed E-state index contributed by atoms with van der Waals surface area (Å²) in [7, 11) is 2.94. The number of rotatable bonds is 4. The number of methoxy groups -OCH3 is 2. The van der Waals surface area contributed by atoms with Crippen LogP contribution < -0.4 is 9.47 Å². The normalized spacial score (nSPS) is 9.81. The Balaban J connectivity index is 3.24. The summed E-state index contributed by atoms with van der Waals surface area (Å²) in [5, 5.41) is 8.36. The summed E-state index contributed by atoms with van der Waals surface area (Å²) in [6.45, 7) is 0. The fraction of sp³-hybridized carbons (Fsp3) is 0.167. The second-order valence-electron chi connectivity index (χ2n) is 2.86. The van der Waals surface area contributed by atoms with Gasteiger partial charge in [0, 0.05) is 6.08 Å². The summed E-state index contributed by atoms with van der Waals surface area (Å²) >= 11 is 0. The number of ether oxygens (including phenoxy) is 2. The van der Waals surface area contributed by atoms with Gasteiger partial charge in [-0.05, 0) is 18.2 Å². The minimum absolute atomic E-state index is 0.319. The van der Waals surface area contributed by atoms with Crippen molar-refractivity contribution in [2.45, 2.75) is 0 Å². The molecule has 82 valence electrons. The van der Waals surface area contributed by atoms with Gasteiger partial charge in [0.2, 0.25) is 0 Å². The smallest absolute Gasteiger partial charge is 0.194 e. The first-order chi connectivity index (χ1) is 7.74.